The first-order valence-corrected chi connectivity index (χ1v) is 20.6. The molecule has 0 bridgehead atoms. The van der Waals surface area contributed by atoms with E-state index >= 15 is 0 Å². The number of ether oxygens (including phenoxy) is 2. The lowest BCUT2D eigenvalue weighted by Crippen LogP contribution is -2.43. The van der Waals surface area contributed by atoms with Crippen molar-refractivity contribution >= 4 is 55.0 Å². The Morgan fingerprint density at radius 3 is 1.57 bits per heavy atom. The van der Waals surface area contributed by atoms with E-state index in [0.29, 0.717) is 24.6 Å². The molecule has 4 aromatic rings. The first-order valence-electron chi connectivity index (χ1n) is 18.7. The number of halogens is 3. The SMILES string of the molecule is C.CN1CCN(Cc2ccc3c(c2)CN(C(=O)Oc2ccc(Br)cc2)C3)CC1.CN1CCN(Cc2ccc3c(c2)CNC3)CC1.O=C(Cl)Oc1ccc(Br)cc1. The van der Waals surface area contributed by atoms with Gasteiger partial charge in [0.2, 0.25) is 0 Å². The zero-order valence-corrected chi connectivity index (χ0v) is 35.4. The molecule has 4 aromatic carbocycles. The minimum Gasteiger partial charge on any atom is -0.415 e. The van der Waals surface area contributed by atoms with Crippen LogP contribution in [0.2, 0.25) is 0 Å². The largest absolute Gasteiger partial charge is 0.415 e. The summed E-state index contributed by atoms with van der Waals surface area (Å²) in [6.45, 7) is 14.7. The van der Waals surface area contributed by atoms with Crippen LogP contribution in [0.4, 0.5) is 9.59 Å². The molecule has 1 amide bonds. The van der Waals surface area contributed by atoms with Gasteiger partial charge in [0.25, 0.3) is 0 Å². The molecule has 56 heavy (non-hydrogen) atoms. The molecule has 0 aromatic heterocycles. The number of rotatable bonds is 6. The lowest BCUT2D eigenvalue weighted by Gasteiger charge is -2.32. The smallest absolute Gasteiger partial charge is 0.415 e. The van der Waals surface area contributed by atoms with Crippen molar-refractivity contribution in [1.82, 2.24) is 29.8 Å². The highest BCUT2D eigenvalue weighted by molar-refractivity contribution is 9.10. The summed E-state index contributed by atoms with van der Waals surface area (Å²) >= 11 is 11.6. The lowest BCUT2D eigenvalue weighted by atomic mass is 10.1. The van der Waals surface area contributed by atoms with Crippen LogP contribution in [-0.2, 0) is 39.3 Å². The van der Waals surface area contributed by atoms with Gasteiger partial charge in [0.05, 0.1) is 0 Å². The Morgan fingerprint density at radius 2 is 1.05 bits per heavy atom. The van der Waals surface area contributed by atoms with Gasteiger partial charge in [0, 0.05) is 112 Å². The van der Waals surface area contributed by atoms with Crippen molar-refractivity contribution in [2.24, 2.45) is 0 Å². The van der Waals surface area contributed by atoms with E-state index in [1.165, 1.54) is 59.6 Å². The second-order valence-electron chi connectivity index (χ2n) is 14.4. The number of amides is 1. The molecule has 4 aliphatic rings. The van der Waals surface area contributed by atoms with E-state index in [1.54, 1.807) is 41.3 Å². The molecule has 0 unspecified atom stereocenters. The molecule has 0 radical (unpaired) electrons. The van der Waals surface area contributed by atoms with Crippen LogP contribution in [0, 0.1) is 0 Å². The summed E-state index contributed by atoms with van der Waals surface area (Å²) < 4.78 is 12.0. The van der Waals surface area contributed by atoms with E-state index in [9.17, 15) is 9.59 Å². The van der Waals surface area contributed by atoms with Gasteiger partial charge in [-0.2, -0.15) is 0 Å². The first-order chi connectivity index (χ1) is 26.6. The highest BCUT2D eigenvalue weighted by atomic mass is 79.9. The summed E-state index contributed by atoms with van der Waals surface area (Å²) in [4.78, 5) is 34.3. The van der Waals surface area contributed by atoms with Gasteiger partial charge in [-0.15, -0.1) is 0 Å². The van der Waals surface area contributed by atoms with Gasteiger partial charge in [0.15, 0.2) is 0 Å². The molecule has 0 spiro atoms. The number of benzene rings is 4. The maximum atomic E-state index is 12.5. The molecule has 4 heterocycles. The van der Waals surface area contributed by atoms with Crippen molar-refractivity contribution in [1.29, 1.82) is 0 Å². The lowest BCUT2D eigenvalue weighted by molar-refractivity contribution is 0.148. The molecule has 0 aliphatic carbocycles. The molecular weight excluding hydrogens is 860 g/mol. The van der Waals surface area contributed by atoms with E-state index in [4.69, 9.17) is 16.3 Å². The van der Waals surface area contributed by atoms with Crippen molar-refractivity contribution in [3.63, 3.8) is 0 Å². The van der Waals surface area contributed by atoms with Crippen molar-refractivity contribution in [2.75, 3.05) is 66.5 Å². The average Bonchev–Trinajstić information content (AvgIpc) is 3.83. The number of nitrogens with zero attached hydrogens (tertiary/aromatic N) is 5. The van der Waals surface area contributed by atoms with Gasteiger partial charge >= 0.3 is 11.5 Å². The highest BCUT2D eigenvalue weighted by Gasteiger charge is 2.26. The maximum Gasteiger partial charge on any atom is 0.415 e. The third kappa shape index (κ3) is 13.4. The average molecular weight is 913 g/mol. The third-order valence-corrected chi connectivity index (χ3v) is 11.3. The number of carbonyl (C=O) groups is 2. The van der Waals surface area contributed by atoms with Gasteiger partial charge in [-0.05, 0) is 96.0 Å². The number of nitrogens with one attached hydrogen (secondary N) is 1. The Bertz CT molecular complexity index is 1880. The normalized spacial score (nSPS) is 17.0. The van der Waals surface area contributed by atoms with Crippen LogP contribution in [-0.4, -0.2) is 102 Å². The monoisotopic (exact) mass is 910 g/mol. The molecule has 10 nitrogen and oxygen atoms in total. The van der Waals surface area contributed by atoms with Crippen molar-refractivity contribution < 1.29 is 19.1 Å². The Morgan fingerprint density at radius 1 is 0.607 bits per heavy atom. The first kappa shape index (κ1) is 43.8. The number of hydrogen-bond donors (Lipinski definition) is 1. The Hall–Kier alpha value is -3.33. The maximum absolute atomic E-state index is 12.5. The second-order valence-corrected chi connectivity index (χ2v) is 16.6. The summed E-state index contributed by atoms with van der Waals surface area (Å²) in [5, 5.41) is 3.40. The van der Waals surface area contributed by atoms with Gasteiger partial charge in [0.1, 0.15) is 11.5 Å². The summed E-state index contributed by atoms with van der Waals surface area (Å²) in [7, 11) is 4.38. The minimum absolute atomic E-state index is 0. The summed E-state index contributed by atoms with van der Waals surface area (Å²) in [6.07, 6.45) is -0.297. The molecule has 8 rings (SSSR count). The van der Waals surface area contributed by atoms with E-state index < -0.39 is 5.43 Å². The van der Waals surface area contributed by atoms with Gasteiger partial charge in [-0.25, -0.2) is 9.59 Å². The minimum atomic E-state index is -0.827. The molecular formula is C43H53Br2ClN6O4. The fraction of sp³-hybridized carbons (Fsp3) is 0.395. The fourth-order valence-corrected chi connectivity index (χ4v) is 7.53. The topological polar surface area (TPSA) is 80.8 Å². The van der Waals surface area contributed by atoms with Crippen molar-refractivity contribution in [3.8, 4) is 11.5 Å². The van der Waals surface area contributed by atoms with E-state index in [-0.39, 0.29) is 13.5 Å². The number of hydrogen-bond acceptors (Lipinski definition) is 9. The Labute approximate surface area is 353 Å². The Balaban J connectivity index is 0.000000177. The fourth-order valence-electron chi connectivity index (χ4n) is 6.91. The highest BCUT2D eigenvalue weighted by Crippen LogP contribution is 2.26. The number of likely N-dealkylation sites (N-methyl/N-ethyl adjacent to an activating group) is 2. The van der Waals surface area contributed by atoms with Crippen molar-refractivity contribution in [3.05, 3.63) is 127 Å². The molecule has 1 N–H and O–H groups in total. The quantitative estimate of drug-likeness (QED) is 0.192. The molecule has 0 saturated carbocycles. The summed E-state index contributed by atoms with van der Waals surface area (Å²) in [5.74, 6) is 1.00. The van der Waals surface area contributed by atoms with Gasteiger partial charge in [-0.3, -0.25) is 14.7 Å². The van der Waals surface area contributed by atoms with Gasteiger partial charge < -0.3 is 24.6 Å². The molecule has 2 saturated heterocycles. The molecule has 2 fully saturated rings. The zero-order chi connectivity index (χ0) is 38.7. The second kappa shape index (κ2) is 21.4. The van der Waals surface area contributed by atoms with Crippen LogP contribution >= 0.6 is 43.5 Å². The summed E-state index contributed by atoms with van der Waals surface area (Å²) in [6, 6.07) is 27.7. The van der Waals surface area contributed by atoms with E-state index in [1.807, 2.05) is 12.1 Å². The molecule has 300 valence electrons. The van der Waals surface area contributed by atoms with Crippen LogP contribution in [0.5, 0.6) is 11.5 Å². The van der Waals surface area contributed by atoms with Crippen LogP contribution in [0.25, 0.3) is 0 Å². The summed E-state index contributed by atoms with van der Waals surface area (Å²) in [5.41, 5.74) is 7.38. The predicted molar refractivity (Wildman–Crippen MR) is 231 cm³/mol. The van der Waals surface area contributed by atoms with Crippen LogP contribution in [0.15, 0.2) is 93.9 Å². The third-order valence-electron chi connectivity index (χ3n) is 10.2. The van der Waals surface area contributed by atoms with Crippen LogP contribution < -0.4 is 14.8 Å². The molecule has 13 heteroatoms. The van der Waals surface area contributed by atoms with E-state index in [2.05, 4.69) is 112 Å². The Kier molecular flexibility index (Phi) is 16.8. The number of fused-ring (bicyclic) bond motifs is 2. The molecule has 4 aliphatic heterocycles. The van der Waals surface area contributed by atoms with Gasteiger partial charge in [-0.1, -0.05) is 75.7 Å². The molecule has 0 atom stereocenters. The number of carbonyl (C=O) groups excluding carboxylic acids is 2. The zero-order valence-electron chi connectivity index (χ0n) is 31.5. The number of piperazine rings is 2. The van der Waals surface area contributed by atoms with Crippen LogP contribution in [0.1, 0.15) is 40.8 Å². The predicted octanol–water partition coefficient (Wildman–Crippen LogP) is 8.57. The van der Waals surface area contributed by atoms with Crippen LogP contribution in [0.3, 0.4) is 0 Å². The standard InChI is InChI=1S/C21H24BrN3O2.C14H21N3.C7H4BrClO2.CH4/c1-23-8-10-24(11-9-23)13-16-2-3-17-14-25(15-18(17)12-16)21(26)27-20-6-4-19(22)5-7-20;1-16-4-6-17(7-5-16)11-12-2-3-13-9-15-10-14(13)8-12;8-5-1-3-6(4-2-5)11-7(9)10;/h2-7,12H,8-11,13-15H2,1H3;2-3,8,15H,4-7,9-11H2,1H3;1-4H;1H4. The van der Waals surface area contributed by atoms with E-state index in [0.717, 1.165) is 61.3 Å². The van der Waals surface area contributed by atoms with Crippen molar-refractivity contribution in [2.45, 2.75) is 46.7 Å².